The Morgan fingerprint density at radius 2 is 2.05 bits per heavy atom. The van der Waals surface area contributed by atoms with Crippen molar-refractivity contribution in [3.8, 4) is 0 Å². The molecule has 2 saturated heterocycles. The predicted molar refractivity (Wildman–Crippen MR) is 80.3 cm³/mol. The number of piperidine rings is 1. The molecule has 2 fully saturated rings. The van der Waals surface area contributed by atoms with Crippen LogP contribution in [0.25, 0.3) is 0 Å². The van der Waals surface area contributed by atoms with Gasteiger partial charge in [-0.3, -0.25) is 9.80 Å². The standard InChI is InChI=1S/C16H21N3O3/c1-15(2)10-16(3)18-19(16)13(20)12(15)17-14(21)22-9-11-7-5-4-6-8-11/h4-8,12,18H,9-10H2,1-3H3,(H,17,21). The van der Waals surface area contributed by atoms with Crippen molar-refractivity contribution in [2.24, 2.45) is 5.41 Å². The zero-order valence-corrected chi connectivity index (χ0v) is 13.1. The molecule has 0 radical (unpaired) electrons. The summed E-state index contributed by atoms with van der Waals surface area (Å²) < 4.78 is 5.21. The molecule has 0 bridgehead atoms. The molecule has 22 heavy (non-hydrogen) atoms. The predicted octanol–water partition coefficient (Wildman–Crippen LogP) is 1.77. The van der Waals surface area contributed by atoms with E-state index in [0.717, 1.165) is 12.0 Å². The maximum Gasteiger partial charge on any atom is 0.408 e. The highest BCUT2D eigenvalue weighted by Crippen LogP contribution is 2.45. The highest BCUT2D eigenvalue weighted by atomic mass is 16.5. The second-order valence-corrected chi connectivity index (χ2v) is 6.86. The second kappa shape index (κ2) is 4.98. The van der Waals surface area contributed by atoms with Crippen molar-refractivity contribution in [3.63, 3.8) is 0 Å². The smallest absolute Gasteiger partial charge is 0.408 e. The molecule has 0 saturated carbocycles. The van der Waals surface area contributed by atoms with E-state index in [1.807, 2.05) is 51.1 Å². The van der Waals surface area contributed by atoms with Gasteiger partial charge < -0.3 is 10.1 Å². The Balaban J connectivity index is 1.60. The van der Waals surface area contributed by atoms with Crippen molar-refractivity contribution in [1.29, 1.82) is 0 Å². The van der Waals surface area contributed by atoms with E-state index in [-0.39, 0.29) is 23.6 Å². The van der Waals surface area contributed by atoms with Gasteiger partial charge in [-0.25, -0.2) is 10.2 Å². The normalized spacial score (nSPS) is 28.8. The van der Waals surface area contributed by atoms with Gasteiger partial charge >= 0.3 is 6.09 Å². The third-order valence-electron chi connectivity index (χ3n) is 4.32. The SMILES string of the molecule is CC1(C)CC2(C)NN2C(=O)C1NC(=O)OCc1ccccc1. The largest absolute Gasteiger partial charge is 0.445 e. The average molecular weight is 303 g/mol. The molecule has 118 valence electrons. The quantitative estimate of drug-likeness (QED) is 0.834. The summed E-state index contributed by atoms with van der Waals surface area (Å²) in [5.74, 6) is -0.115. The Hall–Kier alpha value is -2.08. The van der Waals surface area contributed by atoms with Crippen LogP contribution in [0.1, 0.15) is 32.8 Å². The van der Waals surface area contributed by atoms with Crippen LogP contribution in [0.2, 0.25) is 0 Å². The number of hydrogen-bond donors (Lipinski definition) is 2. The molecule has 6 heteroatoms. The monoisotopic (exact) mass is 303 g/mol. The number of nitrogens with one attached hydrogen (secondary N) is 2. The molecule has 1 aromatic rings. The van der Waals surface area contributed by atoms with Gasteiger partial charge in [-0.15, -0.1) is 0 Å². The van der Waals surface area contributed by atoms with Gasteiger partial charge in [-0.05, 0) is 24.3 Å². The summed E-state index contributed by atoms with van der Waals surface area (Å²) in [6.07, 6.45) is 0.204. The van der Waals surface area contributed by atoms with Crippen LogP contribution in [0.4, 0.5) is 4.79 Å². The van der Waals surface area contributed by atoms with Gasteiger partial charge in [-0.2, -0.15) is 0 Å². The summed E-state index contributed by atoms with van der Waals surface area (Å²) in [6, 6.07) is 8.86. The maximum absolute atomic E-state index is 12.4. The summed E-state index contributed by atoms with van der Waals surface area (Å²) in [6.45, 7) is 6.13. The Labute approximate surface area is 129 Å². The van der Waals surface area contributed by atoms with Crippen LogP contribution in [0.5, 0.6) is 0 Å². The first kappa shape index (κ1) is 14.8. The fraction of sp³-hybridized carbons (Fsp3) is 0.500. The van der Waals surface area contributed by atoms with Crippen LogP contribution in [0, 0.1) is 5.41 Å². The molecule has 1 aromatic carbocycles. The van der Waals surface area contributed by atoms with Gasteiger partial charge in [0.25, 0.3) is 5.91 Å². The number of rotatable bonds is 3. The zero-order valence-electron chi connectivity index (χ0n) is 13.1. The first-order valence-corrected chi connectivity index (χ1v) is 7.41. The number of fused-ring (bicyclic) bond motifs is 1. The van der Waals surface area contributed by atoms with E-state index in [1.165, 1.54) is 0 Å². The van der Waals surface area contributed by atoms with E-state index in [1.54, 1.807) is 5.01 Å². The maximum atomic E-state index is 12.4. The third-order valence-corrected chi connectivity index (χ3v) is 4.32. The lowest BCUT2D eigenvalue weighted by Gasteiger charge is -2.38. The van der Waals surface area contributed by atoms with E-state index in [9.17, 15) is 9.59 Å². The lowest BCUT2D eigenvalue weighted by molar-refractivity contribution is -0.135. The second-order valence-electron chi connectivity index (χ2n) is 6.86. The molecular weight excluding hydrogens is 282 g/mol. The fourth-order valence-electron chi connectivity index (χ4n) is 3.23. The number of alkyl carbamates (subject to hydrolysis) is 1. The van der Waals surface area contributed by atoms with Crippen molar-refractivity contribution in [2.45, 2.75) is 45.5 Å². The topological polar surface area (TPSA) is 80.4 Å². The van der Waals surface area contributed by atoms with Crippen molar-refractivity contribution in [1.82, 2.24) is 15.8 Å². The minimum atomic E-state index is -0.584. The Morgan fingerprint density at radius 1 is 1.36 bits per heavy atom. The molecule has 3 rings (SSSR count). The van der Waals surface area contributed by atoms with Crippen LogP contribution in [-0.4, -0.2) is 28.7 Å². The van der Waals surface area contributed by atoms with Crippen LogP contribution < -0.4 is 10.7 Å². The molecule has 2 aliphatic rings. The van der Waals surface area contributed by atoms with Gasteiger partial charge in [0.2, 0.25) is 0 Å². The number of benzene rings is 1. The first-order valence-electron chi connectivity index (χ1n) is 7.41. The summed E-state index contributed by atoms with van der Waals surface area (Å²) in [5.41, 5.74) is 3.37. The molecule has 2 heterocycles. The molecule has 2 unspecified atom stereocenters. The molecular formula is C16H21N3O3. The molecule has 2 atom stereocenters. The number of nitrogens with zero attached hydrogens (tertiary/aromatic N) is 1. The van der Waals surface area contributed by atoms with E-state index >= 15 is 0 Å². The highest BCUT2D eigenvalue weighted by Gasteiger charge is 2.62. The minimum Gasteiger partial charge on any atom is -0.445 e. The van der Waals surface area contributed by atoms with Gasteiger partial charge in [-0.1, -0.05) is 44.2 Å². The number of hydrazine groups is 1. The molecule has 6 nitrogen and oxygen atoms in total. The van der Waals surface area contributed by atoms with Gasteiger partial charge in [0, 0.05) is 0 Å². The number of carbonyl (C=O) groups is 2. The van der Waals surface area contributed by atoms with Crippen molar-refractivity contribution >= 4 is 12.0 Å². The zero-order chi connectivity index (χ0) is 16.0. The number of carbonyl (C=O) groups excluding carboxylic acids is 2. The summed E-state index contributed by atoms with van der Waals surface area (Å²) in [5, 5.41) is 4.29. The highest BCUT2D eigenvalue weighted by molar-refractivity contribution is 5.89. The van der Waals surface area contributed by atoms with Gasteiger partial charge in [0.1, 0.15) is 18.3 Å². The fourth-order valence-corrected chi connectivity index (χ4v) is 3.23. The molecule has 0 aromatic heterocycles. The molecule has 2 amide bonds. The summed E-state index contributed by atoms with van der Waals surface area (Å²) >= 11 is 0. The lowest BCUT2D eigenvalue weighted by Crippen LogP contribution is -2.57. The van der Waals surface area contributed by atoms with E-state index in [2.05, 4.69) is 10.7 Å². The Kier molecular flexibility index (Phi) is 3.36. The average Bonchev–Trinajstić information content (AvgIpc) is 3.13. The van der Waals surface area contributed by atoms with Crippen molar-refractivity contribution < 1.29 is 14.3 Å². The summed E-state index contributed by atoms with van der Waals surface area (Å²) in [7, 11) is 0. The lowest BCUT2D eigenvalue weighted by atomic mass is 9.75. The minimum absolute atomic E-state index is 0.115. The van der Waals surface area contributed by atoms with Crippen molar-refractivity contribution in [2.75, 3.05) is 0 Å². The van der Waals surface area contributed by atoms with Crippen molar-refractivity contribution in [3.05, 3.63) is 35.9 Å². The van der Waals surface area contributed by atoms with E-state index in [4.69, 9.17) is 4.74 Å². The first-order chi connectivity index (χ1) is 10.3. The Bertz CT molecular complexity index is 602. The third kappa shape index (κ3) is 2.66. The van der Waals surface area contributed by atoms with Gasteiger partial charge in [0.05, 0.1) is 0 Å². The van der Waals surface area contributed by atoms with E-state index < -0.39 is 12.1 Å². The van der Waals surface area contributed by atoms with Crippen LogP contribution in [0.15, 0.2) is 30.3 Å². The Morgan fingerprint density at radius 3 is 2.73 bits per heavy atom. The van der Waals surface area contributed by atoms with Crippen LogP contribution in [0.3, 0.4) is 0 Å². The molecule has 2 N–H and O–H groups in total. The molecule has 2 aliphatic heterocycles. The van der Waals surface area contributed by atoms with E-state index in [0.29, 0.717) is 0 Å². The molecule has 0 aliphatic carbocycles. The molecule has 0 spiro atoms. The summed E-state index contributed by atoms with van der Waals surface area (Å²) in [4.78, 5) is 24.4. The van der Waals surface area contributed by atoms with Gasteiger partial charge in [0.15, 0.2) is 0 Å². The van der Waals surface area contributed by atoms with Crippen LogP contribution in [-0.2, 0) is 16.1 Å². The number of amides is 2. The number of hydrogen-bond acceptors (Lipinski definition) is 4. The number of ether oxygens (including phenoxy) is 1. The van der Waals surface area contributed by atoms with Crippen LogP contribution >= 0.6 is 0 Å².